The average molecular weight is 224 g/mol. The Hall–Kier alpha value is -1.67. The third-order valence-electron chi connectivity index (χ3n) is 1.46. The zero-order valence-electron chi connectivity index (χ0n) is 7.84. The van der Waals surface area contributed by atoms with Gasteiger partial charge in [0, 0.05) is 13.1 Å². The lowest BCUT2D eigenvalue weighted by molar-refractivity contribution is 0.429. The van der Waals surface area contributed by atoms with E-state index in [1.165, 1.54) is 11.8 Å². The maximum atomic E-state index is 5.19. The van der Waals surface area contributed by atoms with Gasteiger partial charge in [-0.15, -0.1) is 10.2 Å². The first kappa shape index (κ1) is 9.87. The minimum Gasteiger partial charge on any atom is -0.416 e. The number of aromatic nitrogens is 4. The largest absolute Gasteiger partial charge is 0.416 e. The van der Waals surface area contributed by atoms with Gasteiger partial charge >= 0.3 is 0 Å². The molecule has 0 aliphatic carbocycles. The van der Waals surface area contributed by atoms with Crippen molar-refractivity contribution in [2.45, 2.75) is 17.2 Å². The molecule has 0 saturated carbocycles. The van der Waals surface area contributed by atoms with E-state index in [1.807, 2.05) is 0 Å². The lowest BCUT2D eigenvalue weighted by Gasteiger charge is -1.98. The van der Waals surface area contributed by atoms with Gasteiger partial charge in [-0.1, -0.05) is 0 Å². The predicted octanol–water partition coefficient (Wildman–Crippen LogP) is 0.605. The molecule has 7 nitrogen and oxygen atoms in total. The smallest absolute Gasteiger partial charge is 0.282 e. The molecule has 0 saturated heterocycles. The fourth-order valence-electron chi connectivity index (χ4n) is 0.878. The van der Waals surface area contributed by atoms with Crippen LogP contribution in [0, 0.1) is 6.92 Å². The van der Waals surface area contributed by atoms with Gasteiger partial charge < -0.3 is 4.42 Å². The quantitative estimate of drug-likeness (QED) is 0.444. The highest BCUT2D eigenvalue weighted by molar-refractivity contribution is 7.99. The summed E-state index contributed by atoms with van der Waals surface area (Å²) < 4.78 is 5.19. The maximum Gasteiger partial charge on any atom is 0.282 e. The molecule has 0 aromatic carbocycles. The van der Waals surface area contributed by atoms with Crippen molar-refractivity contribution < 1.29 is 4.42 Å². The molecule has 2 heterocycles. The first-order valence-electron chi connectivity index (χ1n) is 4.05. The second kappa shape index (κ2) is 4.24. The number of nitrogens with two attached hydrogens (primary N) is 1. The Morgan fingerprint density at radius 3 is 3.00 bits per heavy atom. The Labute approximate surface area is 89.5 Å². The average Bonchev–Trinajstić information content (AvgIpc) is 2.64. The molecule has 78 valence electrons. The fourth-order valence-corrected chi connectivity index (χ4v) is 1.56. The van der Waals surface area contributed by atoms with E-state index < -0.39 is 0 Å². The molecular formula is C7H8N6OS. The zero-order valence-corrected chi connectivity index (χ0v) is 8.65. The van der Waals surface area contributed by atoms with Gasteiger partial charge in [-0.05, 0) is 17.8 Å². The van der Waals surface area contributed by atoms with Crippen LogP contribution >= 0.6 is 11.8 Å². The highest BCUT2D eigenvalue weighted by Gasteiger charge is 2.06. The van der Waals surface area contributed by atoms with Crippen molar-refractivity contribution >= 4 is 17.7 Å². The highest BCUT2D eigenvalue weighted by atomic mass is 32.2. The van der Waals surface area contributed by atoms with Crippen LogP contribution < -0.4 is 11.3 Å². The third kappa shape index (κ3) is 2.42. The Kier molecular flexibility index (Phi) is 2.79. The molecule has 2 aromatic heterocycles. The van der Waals surface area contributed by atoms with E-state index in [0.29, 0.717) is 22.1 Å². The Morgan fingerprint density at radius 2 is 2.33 bits per heavy atom. The van der Waals surface area contributed by atoms with E-state index >= 15 is 0 Å². The molecule has 15 heavy (non-hydrogen) atoms. The van der Waals surface area contributed by atoms with Crippen molar-refractivity contribution in [1.82, 2.24) is 20.2 Å². The number of hydrazine groups is 1. The Balaban J connectivity index is 2.16. The van der Waals surface area contributed by atoms with Gasteiger partial charge in [0.1, 0.15) is 5.03 Å². The molecule has 0 atom stereocenters. The van der Waals surface area contributed by atoms with E-state index in [4.69, 9.17) is 10.3 Å². The molecule has 0 unspecified atom stereocenters. The molecule has 2 aromatic rings. The second-order valence-corrected chi connectivity index (χ2v) is 3.52. The molecule has 0 aliphatic heterocycles. The SMILES string of the molecule is Cc1nnc(Sc2ccnc(NN)n2)o1. The minimum absolute atomic E-state index is 0.344. The van der Waals surface area contributed by atoms with E-state index in [2.05, 4.69) is 25.6 Å². The normalized spacial score (nSPS) is 10.3. The van der Waals surface area contributed by atoms with Crippen molar-refractivity contribution in [3.8, 4) is 0 Å². The summed E-state index contributed by atoms with van der Waals surface area (Å²) in [5, 5.41) is 8.66. The first-order valence-corrected chi connectivity index (χ1v) is 4.87. The number of nitrogens with zero attached hydrogens (tertiary/aromatic N) is 4. The molecule has 0 aliphatic rings. The zero-order chi connectivity index (χ0) is 10.7. The summed E-state index contributed by atoms with van der Waals surface area (Å²) in [7, 11) is 0. The van der Waals surface area contributed by atoms with E-state index in [0.717, 1.165) is 0 Å². The van der Waals surface area contributed by atoms with Gasteiger partial charge in [-0.3, -0.25) is 5.43 Å². The summed E-state index contributed by atoms with van der Waals surface area (Å²) in [4.78, 5) is 7.96. The van der Waals surface area contributed by atoms with Crippen molar-refractivity contribution in [1.29, 1.82) is 0 Å². The number of anilines is 1. The summed E-state index contributed by atoms with van der Waals surface area (Å²) in [5.41, 5.74) is 2.36. The molecule has 0 radical (unpaired) electrons. The summed E-state index contributed by atoms with van der Waals surface area (Å²) in [6.07, 6.45) is 1.59. The lowest BCUT2D eigenvalue weighted by Crippen LogP contribution is -2.10. The van der Waals surface area contributed by atoms with Crippen LogP contribution in [0.5, 0.6) is 0 Å². The van der Waals surface area contributed by atoms with Gasteiger partial charge in [-0.25, -0.2) is 15.8 Å². The number of rotatable bonds is 3. The number of nitrogens with one attached hydrogen (secondary N) is 1. The molecule has 0 spiro atoms. The van der Waals surface area contributed by atoms with Crippen molar-refractivity contribution in [2.24, 2.45) is 5.84 Å². The number of hydrogen-bond acceptors (Lipinski definition) is 8. The van der Waals surface area contributed by atoms with Crippen LogP contribution in [0.25, 0.3) is 0 Å². The van der Waals surface area contributed by atoms with Crippen LogP contribution in [0.15, 0.2) is 26.9 Å². The Morgan fingerprint density at radius 1 is 1.47 bits per heavy atom. The lowest BCUT2D eigenvalue weighted by atomic mass is 10.7. The fraction of sp³-hybridized carbons (Fsp3) is 0.143. The summed E-state index contributed by atoms with van der Waals surface area (Å²) >= 11 is 1.25. The van der Waals surface area contributed by atoms with Crippen LogP contribution in [-0.2, 0) is 0 Å². The number of aryl methyl sites for hydroxylation is 1. The van der Waals surface area contributed by atoms with Gasteiger partial charge in [-0.2, -0.15) is 0 Å². The van der Waals surface area contributed by atoms with Crippen molar-refractivity contribution in [3.63, 3.8) is 0 Å². The molecular weight excluding hydrogens is 216 g/mol. The maximum absolute atomic E-state index is 5.19. The van der Waals surface area contributed by atoms with Crippen molar-refractivity contribution in [3.05, 3.63) is 18.2 Å². The molecule has 2 rings (SSSR count). The van der Waals surface area contributed by atoms with Crippen molar-refractivity contribution in [2.75, 3.05) is 5.43 Å². The predicted molar refractivity (Wildman–Crippen MR) is 53.0 cm³/mol. The third-order valence-corrected chi connectivity index (χ3v) is 2.23. The molecule has 0 fully saturated rings. The van der Waals surface area contributed by atoms with Gasteiger partial charge in [0.2, 0.25) is 11.8 Å². The summed E-state index contributed by atoms with van der Waals surface area (Å²) in [6.45, 7) is 1.73. The van der Waals surface area contributed by atoms with Crippen LogP contribution in [0.4, 0.5) is 5.95 Å². The topological polar surface area (TPSA) is 103 Å². The molecule has 0 bridgehead atoms. The first-order chi connectivity index (χ1) is 7.28. The number of hydrogen-bond donors (Lipinski definition) is 2. The number of nitrogen functional groups attached to an aromatic ring is 1. The van der Waals surface area contributed by atoms with Gasteiger partial charge in [0.15, 0.2) is 0 Å². The molecule has 8 heteroatoms. The summed E-state index contributed by atoms with van der Waals surface area (Å²) in [5.74, 6) is 6.04. The van der Waals surface area contributed by atoms with Crippen LogP contribution in [-0.4, -0.2) is 20.2 Å². The standard InChI is InChI=1S/C7H8N6OS/c1-4-12-13-7(14-4)15-5-2-3-9-6(10-5)11-8/h2-3H,8H2,1H3,(H,9,10,11). The molecule has 3 N–H and O–H groups in total. The Bertz CT molecular complexity index is 458. The van der Waals surface area contributed by atoms with Gasteiger partial charge in [0.25, 0.3) is 5.22 Å². The van der Waals surface area contributed by atoms with E-state index in [1.54, 1.807) is 19.2 Å². The van der Waals surface area contributed by atoms with E-state index in [-0.39, 0.29) is 0 Å². The van der Waals surface area contributed by atoms with Gasteiger partial charge in [0.05, 0.1) is 0 Å². The minimum atomic E-state index is 0.344. The monoisotopic (exact) mass is 224 g/mol. The van der Waals surface area contributed by atoms with Crippen LogP contribution in [0.2, 0.25) is 0 Å². The molecule has 0 amide bonds. The van der Waals surface area contributed by atoms with Crippen LogP contribution in [0.1, 0.15) is 5.89 Å². The van der Waals surface area contributed by atoms with E-state index in [9.17, 15) is 0 Å². The summed E-state index contributed by atoms with van der Waals surface area (Å²) in [6, 6.07) is 1.73. The highest BCUT2D eigenvalue weighted by Crippen LogP contribution is 2.24. The van der Waals surface area contributed by atoms with Crippen LogP contribution in [0.3, 0.4) is 0 Å². The second-order valence-electron chi connectivity index (χ2n) is 2.55.